The quantitative estimate of drug-likeness (QED) is 0.0596. The van der Waals surface area contributed by atoms with E-state index in [0.717, 1.165) is 25.0 Å². The average Bonchev–Trinajstić information content (AvgIpc) is 4.01. The number of cyclic esters (lactones) is 1. The van der Waals surface area contributed by atoms with Gasteiger partial charge in [0.1, 0.15) is 23.2 Å². The predicted molar refractivity (Wildman–Crippen MR) is 257 cm³/mol. The van der Waals surface area contributed by atoms with Crippen molar-refractivity contribution in [1.82, 2.24) is 4.90 Å². The van der Waals surface area contributed by atoms with Gasteiger partial charge in [-0.3, -0.25) is 19.4 Å². The van der Waals surface area contributed by atoms with E-state index in [0.29, 0.717) is 25.0 Å². The number of hydrogen-bond acceptors (Lipinski definition) is 12. The van der Waals surface area contributed by atoms with E-state index in [9.17, 15) is 24.6 Å². The minimum Gasteiger partial charge on any atom is -0.459 e. The van der Waals surface area contributed by atoms with Crippen LogP contribution in [-0.4, -0.2) is 126 Å². The summed E-state index contributed by atoms with van der Waals surface area (Å²) in [4.78, 5) is 51.1. The van der Waals surface area contributed by atoms with Gasteiger partial charge < -0.3 is 34.1 Å². The first kappa shape index (κ1) is 60.0. The van der Waals surface area contributed by atoms with Crippen molar-refractivity contribution < 1.29 is 43.5 Å². The molecule has 1 amide bonds. The molecule has 362 valence electrons. The summed E-state index contributed by atoms with van der Waals surface area (Å²) in [6, 6.07) is 0.221. The summed E-state index contributed by atoms with van der Waals surface area (Å²) in [5.74, 6) is -2.89. The molecule has 0 radical (unpaired) electrons. The molecular weight excluding hydrogens is 807 g/mol. The maximum Gasteiger partial charge on any atom is 0.316 e. The molecule has 0 saturated carbocycles. The van der Waals surface area contributed by atoms with Crippen LogP contribution in [-0.2, 0) is 33.3 Å². The molecule has 0 aromatic carbocycles. The Hall–Kier alpha value is -2.00. The number of ether oxygens (including phenoxy) is 4. The van der Waals surface area contributed by atoms with Crippen molar-refractivity contribution in [2.75, 3.05) is 33.5 Å². The molecule has 13 atom stereocenters. The number of Topliss-reactive ketones (excluding diaryl/α,β-unsaturated/α-hetero) is 1. The van der Waals surface area contributed by atoms with E-state index in [-0.39, 0.29) is 55.1 Å². The highest BCUT2D eigenvalue weighted by molar-refractivity contribution is 8.02. The first-order chi connectivity index (χ1) is 29.3. The van der Waals surface area contributed by atoms with E-state index in [4.69, 9.17) is 18.9 Å². The van der Waals surface area contributed by atoms with Crippen molar-refractivity contribution in [1.29, 1.82) is 0 Å². The van der Waals surface area contributed by atoms with Crippen LogP contribution in [0.15, 0.2) is 21.5 Å². The molecule has 13 heteroatoms. The third kappa shape index (κ3) is 17.1. The van der Waals surface area contributed by atoms with Crippen LogP contribution in [0.5, 0.6) is 0 Å². The van der Waals surface area contributed by atoms with Crippen LogP contribution >= 0.6 is 11.8 Å². The largest absolute Gasteiger partial charge is 0.459 e. The molecule has 3 aliphatic heterocycles. The van der Waals surface area contributed by atoms with Gasteiger partial charge in [0.25, 0.3) is 0 Å². The Labute approximate surface area is 382 Å². The standard InChI is InChI=1S/C38H65N3O9.C7H14S.2C2H6/c1-13-21(3)32(40-26(8)43)23(5)35-38(50-35)19-28(39-10)16-15-27(20-42)34(49-31-18-29(41(11)12)17-22(4)47-31)24(6)33(44)25(7)36(45)48-30(14-2)37(38,9)46;1-3-5-7-8-6-4-2;2*1-2/h21-25,27,29-31,34-35,42,46H,13-20H2,1-12H3;5,7H,3-4,6H2,1-2H3;2*1-2H3/b;7-5-;;/t21-,22-,23?,24+,25?,27+,29?,30-,31?,34-,35?,37-,38?;;;/m1.../s1. The van der Waals surface area contributed by atoms with Gasteiger partial charge >= 0.3 is 5.97 Å². The zero-order valence-corrected chi connectivity index (χ0v) is 43.1. The smallest absolute Gasteiger partial charge is 0.316 e. The number of carbonyl (C=O) groups excluding carboxylic acids is 3. The van der Waals surface area contributed by atoms with Gasteiger partial charge in [-0.2, -0.15) is 0 Å². The molecule has 3 aliphatic rings. The Kier molecular flexibility index (Phi) is 29.3. The summed E-state index contributed by atoms with van der Waals surface area (Å²) in [6.07, 6.45) is 5.26. The zero-order valence-electron chi connectivity index (χ0n) is 42.3. The number of ketones is 1. The molecule has 12 nitrogen and oxygen atoms in total. The number of epoxide rings is 1. The van der Waals surface area contributed by atoms with Crippen LogP contribution in [0.25, 0.3) is 0 Å². The Morgan fingerprint density at radius 2 is 1.69 bits per heavy atom. The van der Waals surface area contributed by atoms with Gasteiger partial charge in [-0.15, -0.1) is 11.8 Å². The summed E-state index contributed by atoms with van der Waals surface area (Å²) < 4.78 is 25.4. The van der Waals surface area contributed by atoms with Gasteiger partial charge in [0.15, 0.2) is 12.1 Å². The molecule has 1 spiro atoms. The summed E-state index contributed by atoms with van der Waals surface area (Å²) in [5, 5.41) is 25.4. The fourth-order valence-corrected chi connectivity index (χ4v) is 9.15. The number of rotatable bonds is 13. The fraction of sp³-hybridized carbons (Fsp3) is 0.857. The summed E-state index contributed by atoms with van der Waals surface area (Å²) >= 11 is 1.90. The van der Waals surface area contributed by atoms with Crippen LogP contribution < -0.4 is 0 Å². The Bertz CT molecular complexity index is 1400. The van der Waals surface area contributed by atoms with Crippen molar-refractivity contribution >= 4 is 40.8 Å². The lowest BCUT2D eigenvalue weighted by atomic mass is 9.72. The third-order valence-electron chi connectivity index (χ3n) is 12.4. The summed E-state index contributed by atoms with van der Waals surface area (Å²) in [6.45, 7) is 28.2. The van der Waals surface area contributed by atoms with Crippen LogP contribution in [0.1, 0.15) is 162 Å². The highest BCUT2D eigenvalue weighted by Gasteiger charge is 2.71. The molecule has 0 aliphatic carbocycles. The SMILES string of the molecule is CC.CC.CC/C=C\SCCC.CC[C@@H](C)C(=NC(C)=O)C(C)C1OC12CC(=NC)CC[C@@H](CO)[C@H](OC1CC(N(C)C)C[C@@H](C)O1)[C@@H](C)C(=O)C(C)C(=O)O[C@H](CC)[C@@]2(C)O. The van der Waals surface area contributed by atoms with Crippen molar-refractivity contribution in [3.8, 4) is 0 Å². The second kappa shape index (κ2) is 30.3. The lowest BCUT2D eigenvalue weighted by Crippen LogP contribution is -2.57. The lowest BCUT2D eigenvalue weighted by Gasteiger charge is -2.41. The molecule has 3 fully saturated rings. The van der Waals surface area contributed by atoms with E-state index in [1.165, 1.54) is 26.0 Å². The van der Waals surface area contributed by atoms with Crippen molar-refractivity contribution in [3.05, 3.63) is 11.5 Å². The number of aliphatic hydroxyl groups is 2. The number of hydrogen-bond donors (Lipinski definition) is 2. The third-order valence-corrected chi connectivity index (χ3v) is 13.5. The molecule has 0 bridgehead atoms. The lowest BCUT2D eigenvalue weighted by molar-refractivity contribution is -0.238. The highest BCUT2D eigenvalue weighted by Crippen LogP contribution is 2.55. The van der Waals surface area contributed by atoms with Gasteiger partial charge in [0.2, 0.25) is 5.91 Å². The van der Waals surface area contributed by atoms with Crippen LogP contribution in [0.2, 0.25) is 0 Å². The number of carbonyl (C=O) groups is 3. The monoisotopic (exact) mass is 898 g/mol. The number of allylic oxidation sites excluding steroid dienone is 1. The second-order valence-corrected chi connectivity index (χ2v) is 18.2. The van der Waals surface area contributed by atoms with Gasteiger partial charge in [0.05, 0.1) is 18.3 Å². The maximum atomic E-state index is 14.0. The second-order valence-electron chi connectivity index (χ2n) is 17.1. The minimum atomic E-state index is -1.69. The Balaban J connectivity index is 0.00000274. The summed E-state index contributed by atoms with van der Waals surface area (Å²) in [5.41, 5.74) is -1.48. The first-order valence-corrected chi connectivity index (χ1v) is 24.9. The highest BCUT2D eigenvalue weighted by atomic mass is 32.2. The number of aliphatic imine (C=N–C) groups is 2. The fourth-order valence-electron chi connectivity index (χ4n) is 8.45. The predicted octanol–water partition coefficient (Wildman–Crippen LogP) is 9.52. The Morgan fingerprint density at radius 3 is 2.19 bits per heavy atom. The minimum absolute atomic E-state index is 0.00189. The van der Waals surface area contributed by atoms with Crippen molar-refractivity contribution in [3.63, 3.8) is 0 Å². The molecular formula is C49H91N3O9S. The summed E-state index contributed by atoms with van der Waals surface area (Å²) in [7, 11) is 5.73. The molecule has 6 unspecified atom stereocenters. The number of amides is 1. The van der Waals surface area contributed by atoms with Crippen molar-refractivity contribution in [2.24, 2.45) is 39.6 Å². The van der Waals surface area contributed by atoms with Gasteiger partial charge in [-0.25, -0.2) is 4.99 Å². The molecule has 62 heavy (non-hydrogen) atoms. The molecule has 3 rings (SSSR count). The molecule has 2 N–H and O–H groups in total. The van der Waals surface area contributed by atoms with Crippen LogP contribution in [0.3, 0.4) is 0 Å². The zero-order chi connectivity index (χ0) is 48.0. The number of aliphatic hydroxyl groups excluding tert-OH is 1. The van der Waals surface area contributed by atoms with Gasteiger partial charge in [0, 0.05) is 68.6 Å². The van der Waals surface area contributed by atoms with E-state index in [1.54, 1.807) is 20.9 Å². The topological polar surface area (TPSA) is 160 Å². The average molecular weight is 898 g/mol. The van der Waals surface area contributed by atoms with E-state index < -0.39 is 59.5 Å². The van der Waals surface area contributed by atoms with E-state index in [1.807, 2.05) is 88.2 Å². The van der Waals surface area contributed by atoms with Gasteiger partial charge in [-0.1, -0.05) is 82.2 Å². The van der Waals surface area contributed by atoms with E-state index in [2.05, 4.69) is 40.2 Å². The van der Waals surface area contributed by atoms with Crippen LogP contribution in [0, 0.1) is 29.6 Å². The van der Waals surface area contributed by atoms with Crippen LogP contribution in [0.4, 0.5) is 0 Å². The molecule has 3 heterocycles. The van der Waals surface area contributed by atoms with Crippen molar-refractivity contribution in [2.45, 2.75) is 210 Å². The maximum absolute atomic E-state index is 14.0. The number of thioether (sulfide) groups is 1. The van der Waals surface area contributed by atoms with Gasteiger partial charge in [-0.05, 0) is 96.9 Å². The first-order valence-electron chi connectivity index (χ1n) is 23.8. The normalized spacial score (nSPS) is 33.9. The molecule has 3 saturated heterocycles. The van der Waals surface area contributed by atoms with E-state index >= 15 is 0 Å². The number of esters is 1. The molecule has 0 aromatic rings. The molecule has 0 aromatic heterocycles. The Morgan fingerprint density at radius 1 is 1.06 bits per heavy atom. The number of nitrogens with zero attached hydrogens (tertiary/aromatic N) is 3.